The van der Waals surface area contributed by atoms with Crippen molar-refractivity contribution in [3.63, 3.8) is 0 Å². The second kappa shape index (κ2) is 9.67. The first-order valence-electron chi connectivity index (χ1n) is 11.7. The number of aliphatic hydroxyl groups is 1. The van der Waals surface area contributed by atoms with Gasteiger partial charge in [-0.05, 0) is 62.9 Å². The summed E-state index contributed by atoms with van der Waals surface area (Å²) in [5, 5.41) is 9.91. The number of carbonyl (C=O) groups is 2. The van der Waals surface area contributed by atoms with E-state index in [1.54, 1.807) is 0 Å². The van der Waals surface area contributed by atoms with Gasteiger partial charge in [-0.1, -0.05) is 39.0 Å². The molecule has 1 N–H and O–H groups in total. The molecule has 1 heterocycles. The standard InChI is InChI=1S/C25H38O5/c1-5-25(4,6-2)24(28)30-21-9-7-8-17-11-10-16(3)20(23(17)21)13-12-19-14-18(26)15-22(27)29-19/h8,10-11,16,18-21,23,26H,5-7,9,12-15H2,1-4H3. The Hall–Kier alpha value is -1.62. The summed E-state index contributed by atoms with van der Waals surface area (Å²) in [6.45, 7) is 8.31. The van der Waals surface area contributed by atoms with E-state index in [2.05, 4.69) is 25.2 Å². The average Bonchev–Trinajstić information content (AvgIpc) is 2.72. The molecule has 0 saturated carbocycles. The SMILES string of the molecule is CCC(C)(CC)C(=O)OC1CCC=C2C=CC(C)C(CCC3CC(O)CC(=O)O3)C21. The fourth-order valence-electron chi connectivity index (χ4n) is 5.19. The summed E-state index contributed by atoms with van der Waals surface area (Å²) in [5.74, 6) is 0.485. The second-order valence-corrected chi connectivity index (χ2v) is 9.68. The van der Waals surface area contributed by atoms with E-state index in [-0.39, 0.29) is 36.5 Å². The molecule has 1 saturated heterocycles. The quantitative estimate of drug-likeness (QED) is 0.605. The van der Waals surface area contributed by atoms with Crippen molar-refractivity contribution in [2.45, 2.75) is 97.4 Å². The van der Waals surface area contributed by atoms with Gasteiger partial charge >= 0.3 is 11.9 Å². The molecule has 168 valence electrons. The lowest BCUT2D eigenvalue weighted by Crippen LogP contribution is -2.42. The molecule has 5 heteroatoms. The van der Waals surface area contributed by atoms with E-state index in [1.807, 2.05) is 20.8 Å². The van der Waals surface area contributed by atoms with Gasteiger partial charge in [-0.15, -0.1) is 0 Å². The summed E-state index contributed by atoms with van der Waals surface area (Å²) in [7, 11) is 0. The maximum Gasteiger partial charge on any atom is 0.312 e. The van der Waals surface area contributed by atoms with E-state index in [1.165, 1.54) is 5.57 Å². The second-order valence-electron chi connectivity index (χ2n) is 9.68. The lowest BCUT2D eigenvalue weighted by molar-refractivity contribution is -0.166. The lowest BCUT2D eigenvalue weighted by Gasteiger charge is -2.43. The molecule has 6 unspecified atom stereocenters. The van der Waals surface area contributed by atoms with Crippen molar-refractivity contribution in [1.82, 2.24) is 0 Å². The number of aliphatic hydroxyl groups excluding tert-OH is 1. The first kappa shape index (κ1) is 23.1. The molecule has 0 aromatic rings. The number of cyclic esters (lactones) is 1. The Morgan fingerprint density at radius 3 is 2.70 bits per heavy atom. The van der Waals surface area contributed by atoms with Crippen molar-refractivity contribution >= 4 is 11.9 Å². The van der Waals surface area contributed by atoms with Crippen molar-refractivity contribution in [2.75, 3.05) is 0 Å². The number of esters is 2. The number of hydrogen-bond acceptors (Lipinski definition) is 5. The van der Waals surface area contributed by atoms with Crippen molar-refractivity contribution < 1.29 is 24.2 Å². The molecular weight excluding hydrogens is 380 g/mol. The van der Waals surface area contributed by atoms with Crippen LogP contribution < -0.4 is 0 Å². The fraction of sp³-hybridized carbons (Fsp3) is 0.760. The molecule has 0 amide bonds. The third kappa shape index (κ3) is 4.99. The van der Waals surface area contributed by atoms with Gasteiger partial charge in [-0.2, -0.15) is 0 Å². The zero-order chi connectivity index (χ0) is 21.9. The Bertz CT molecular complexity index is 690. The van der Waals surface area contributed by atoms with Crippen LogP contribution in [0.15, 0.2) is 23.8 Å². The van der Waals surface area contributed by atoms with Crippen molar-refractivity contribution in [3.8, 4) is 0 Å². The molecule has 5 nitrogen and oxygen atoms in total. The molecule has 6 atom stereocenters. The summed E-state index contributed by atoms with van der Waals surface area (Å²) < 4.78 is 11.6. The van der Waals surface area contributed by atoms with Crippen LogP contribution in [0.25, 0.3) is 0 Å². The molecule has 0 radical (unpaired) electrons. The van der Waals surface area contributed by atoms with E-state index in [0.717, 1.165) is 38.5 Å². The monoisotopic (exact) mass is 418 g/mol. The van der Waals surface area contributed by atoms with Crippen LogP contribution in [-0.2, 0) is 19.1 Å². The van der Waals surface area contributed by atoms with Gasteiger partial charge < -0.3 is 14.6 Å². The van der Waals surface area contributed by atoms with E-state index in [9.17, 15) is 14.7 Å². The van der Waals surface area contributed by atoms with Gasteiger partial charge in [0.05, 0.1) is 17.9 Å². The smallest absolute Gasteiger partial charge is 0.312 e. The molecule has 2 aliphatic carbocycles. The van der Waals surface area contributed by atoms with E-state index < -0.39 is 11.5 Å². The first-order chi connectivity index (χ1) is 14.3. The highest BCUT2D eigenvalue weighted by Crippen LogP contribution is 2.44. The van der Waals surface area contributed by atoms with Crippen molar-refractivity contribution in [1.29, 1.82) is 0 Å². The molecule has 0 aromatic heterocycles. The minimum absolute atomic E-state index is 0.0796. The topological polar surface area (TPSA) is 72.8 Å². The minimum atomic E-state index is -0.598. The maximum atomic E-state index is 13.0. The van der Waals surface area contributed by atoms with Gasteiger partial charge in [0, 0.05) is 12.3 Å². The predicted octanol–water partition coefficient (Wildman–Crippen LogP) is 4.73. The Balaban J connectivity index is 1.73. The Labute approximate surface area is 180 Å². The van der Waals surface area contributed by atoms with Gasteiger partial charge in [0.2, 0.25) is 0 Å². The lowest BCUT2D eigenvalue weighted by atomic mass is 9.66. The van der Waals surface area contributed by atoms with Crippen LogP contribution >= 0.6 is 0 Å². The van der Waals surface area contributed by atoms with Crippen molar-refractivity contribution in [3.05, 3.63) is 23.8 Å². The summed E-state index contributed by atoms with van der Waals surface area (Å²) >= 11 is 0. The highest BCUT2D eigenvalue weighted by Gasteiger charge is 2.42. The Morgan fingerprint density at radius 1 is 1.30 bits per heavy atom. The number of fused-ring (bicyclic) bond motifs is 1. The number of carbonyl (C=O) groups excluding carboxylic acids is 2. The first-order valence-corrected chi connectivity index (χ1v) is 11.7. The molecule has 0 bridgehead atoms. The predicted molar refractivity (Wildman–Crippen MR) is 116 cm³/mol. The molecule has 0 spiro atoms. The molecule has 1 fully saturated rings. The number of rotatable bonds is 7. The molecule has 3 aliphatic rings. The summed E-state index contributed by atoms with van der Waals surface area (Å²) in [4.78, 5) is 24.7. The van der Waals surface area contributed by atoms with Crippen LogP contribution in [0.2, 0.25) is 0 Å². The number of ether oxygens (including phenoxy) is 2. The van der Waals surface area contributed by atoms with E-state index >= 15 is 0 Å². The highest BCUT2D eigenvalue weighted by molar-refractivity contribution is 5.76. The number of allylic oxidation sites excluding steroid dienone is 3. The van der Waals surface area contributed by atoms with Crippen LogP contribution in [0.5, 0.6) is 0 Å². The summed E-state index contributed by atoms with van der Waals surface area (Å²) in [6, 6.07) is 0. The van der Waals surface area contributed by atoms with Gasteiger partial charge in [0.1, 0.15) is 12.2 Å². The van der Waals surface area contributed by atoms with Gasteiger partial charge in [0.15, 0.2) is 0 Å². The van der Waals surface area contributed by atoms with Crippen LogP contribution in [0, 0.1) is 23.2 Å². The highest BCUT2D eigenvalue weighted by atomic mass is 16.6. The third-order valence-corrected chi connectivity index (χ3v) is 7.71. The minimum Gasteiger partial charge on any atom is -0.462 e. The Morgan fingerprint density at radius 2 is 2.03 bits per heavy atom. The molecule has 3 rings (SSSR count). The van der Waals surface area contributed by atoms with Crippen LogP contribution in [0.3, 0.4) is 0 Å². The van der Waals surface area contributed by atoms with Crippen LogP contribution in [-0.4, -0.2) is 35.4 Å². The van der Waals surface area contributed by atoms with E-state index in [4.69, 9.17) is 9.47 Å². The zero-order valence-corrected chi connectivity index (χ0v) is 18.9. The largest absolute Gasteiger partial charge is 0.462 e. The van der Waals surface area contributed by atoms with Gasteiger partial charge in [-0.25, -0.2) is 0 Å². The van der Waals surface area contributed by atoms with Crippen molar-refractivity contribution in [2.24, 2.45) is 23.2 Å². The van der Waals surface area contributed by atoms with E-state index in [0.29, 0.717) is 18.3 Å². The average molecular weight is 419 g/mol. The normalized spacial score (nSPS) is 34.0. The maximum absolute atomic E-state index is 13.0. The zero-order valence-electron chi connectivity index (χ0n) is 18.9. The van der Waals surface area contributed by atoms with Gasteiger partial charge in [0.25, 0.3) is 0 Å². The summed E-state index contributed by atoms with van der Waals surface area (Å²) in [5.41, 5.74) is 0.844. The van der Waals surface area contributed by atoms with Crippen LogP contribution in [0.4, 0.5) is 0 Å². The third-order valence-electron chi connectivity index (χ3n) is 7.71. The molecule has 30 heavy (non-hydrogen) atoms. The van der Waals surface area contributed by atoms with Crippen LogP contribution in [0.1, 0.15) is 79.1 Å². The number of hydrogen-bond donors (Lipinski definition) is 1. The summed E-state index contributed by atoms with van der Waals surface area (Å²) in [6.07, 6.45) is 11.4. The fourth-order valence-corrected chi connectivity index (χ4v) is 5.19. The molecular formula is C25H38O5. The molecule has 1 aliphatic heterocycles. The molecule has 0 aromatic carbocycles. The van der Waals surface area contributed by atoms with Gasteiger partial charge in [-0.3, -0.25) is 9.59 Å². The Kier molecular flexibility index (Phi) is 7.43.